The lowest BCUT2D eigenvalue weighted by Gasteiger charge is -2.26. The summed E-state index contributed by atoms with van der Waals surface area (Å²) in [4.78, 5) is 26.7. The molecule has 2 aromatic rings. The van der Waals surface area contributed by atoms with E-state index in [0.717, 1.165) is 25.0 Å². The highest BCUT2D eigenvalue weighted by Gasteiger charge is 2.22. The first-order valence-electron chi connectivity index (χ1n) is 9.27. The lowest BCUT2D eigenvalue weighted by molar-refractivity contribution is -0.130. The summed E-state index contributed by atoms with van der Waals surface area (Å²) in [6.45, 7) is 5.80. The summed E-state index contributed by atoms with van der Waals surface area (Å²) < 4.78 is 7.19. The van der Waals surface area contributed by atoms with Crippen LogP contribution in [0.1, 0.15) is 32.3 Å². The van der Waals surface area contributed by atoms with Gasteiger partial charge in [-0.25, -0.2) is 9.89 Å². The number of hydrogen-bond donors (Lipinski definition) is 1. The Bertz CT molecular complexity index is 797. The van der Waals surface area contributed by atoms with Crippen LogP contribution in [0.15, 0.2) is 40.3 Å². The van der Waals surface area contributed by atoms with Crippen molar-refractivity contribution in [3.05, 3.63) is 46.4 Å². The normalized spacial score (nSPS) is 16.8. The number of rotatable bonds is 8. The predicted octanol–water partition coefficient (Wildman–Crippen LogP) is 2.28. The minimum Gasteiger partial charge on any atom is -0.376 e. The van der Waals surface area contributed by atoms with E-state index in [9.17, 15) is 9.59 Å². The number of benzene rings is 1. The van der Waals surface area contributed by atoms with Gasteiger partial charge in [-0.2, -0.15) is 0 Å². The second kappa shape index (κ2) is 9.23. The van der Waals surface area contributed by atoms with Crippen LogP contribution in [0.5, 0.6) is 0 Å². The van der Waals surface area contributed by atoms with Gasteiger partial charge in [0.15, 0.2) is 5.16 Å². The summed E-state index contributed by atoms with van der Waals surface area (Å²) in [6, 6.07) is 10.0. The molecule has 1 saturated heterocycles. The standard InChI is InChI=1S/C19H26N4O3S/c1-14(2)22(11-15-7-4-3-5-8-15)17(24)13-27-19-21-20-18(25)23(19)12-16-9-6-10-26-16/h3-5,7-8,14,16H,6,9-13H2,1-2H3,(H,20,25). The lowest BCUT2D eigenvalue weighted by Crippen LogP contribution is -2.37. The zero-order chi connectivity index (χ0) is 19.2. The molecule has 0 aliphatic carbocycles. The van der Waals surface area contributed by atoms with Crippen molar-refractivity contribution < 1.29 is 9.53 Å². The Kier molecular flexibility index (Phi) is 6.73. The molecule has 1 aromatic carbocycles. The average molecular weight is 391 g/mol. The van der Waals surface area contributed by atoms with E-state index in [4.69, 9.17) is 4.74 Å². The molecular formula is C19H26N4O3S. The van der Waals surface area contributed by atoms with Crippen molar-refractivity contribution in [1.29, 1.82) is 0 Å². The van der Waals surface area contributed by atoms with Gasteiger partial charge in [0.25, 0.3) is 0 Å². The highest BCUT2D eigenvalue weighted by atomic mass is 32.2. The number of nitrogens with one attached hydrogen (secondary N) is 1. The number of carbonyl (C=O) groups is 1. The van der Waals surface area contributed by atoms with Crippen LogP contribution in [0.3, 0.4) is 0 Å². The number of nitrogens with zero attached hydrogens (tertiary/aromatic N) is 3. The molecule has 1 fully saturated rings. The van der Waals surface area contributed by atoms with E-state index in [-0.39, 0.29) is 29.5 Å². The first-order chi connectivity index (χ1) is 13.0. The van der Waals surface area contributed by atoms with Crippen LogP contribution in [-0.2, 0) is 22.6 Å². The molecule has 1 aliphatic rings. The molecule has 1 aromatic heterocycles. The average Bonchev–Trinajstić information content (AvgIpc) is 3.29. The molecule has 1 unspecified atom stereocenters. The Morgan fingerprint density at radius 3 is 2.85 bits per heavy atom. The fourth-order valence-corrected chi connectivity index (χ4v) is 3.96. The Hall–Kier alpha value is -2.06. The Labute approximate surface area is 163 Å². The largest absolute Gasteiger partial charge is 0.376 e. The third-order valence-electron chi connectivity index (χ3n) is 4.60. The highest BCUT2D eigenvalue weighted by Crippen LogP contribution is 2.19. The number of H-pyrrole nitrogens is 1. The molecule has 146 valence electrons. The van der Waals surface area contributed by atoms with Gasteiger partial charge in [-0.05, 0) is 32.3 Å². The molecule has 0 saturated carbocycles. The number of aromatic amines is 1. The summed E-state index contributed by atoms with van der Waals surface area (Å²) in [5, 5.41) is 7.10. The van der Waals surface area contributed by atoms with E-state index in [1.54, 1.807) is 4.57 Å². The number of hydrogen-bond acceptors (Lipinski definition) is 5. The quantitative estimate of drug-likeness (QED) is 0.700. The van der Waals surface area contributed by atoms with Crippen molar-refractivity contribution in [1.82, 2.24) is 19.7 Å². The molecule has 0 spiro atoms. The molecule has 8 heteroatoms. The molecule has 27 heavy (non-hydrogen) atoms. The molecule has 1 amide bonds. The molecule has 0 bridgehead atoms. The van der Waals surface area contributed by atoms with Crippen molar-refractivity contribution in [3.63, 3.8) is 0 Å². The monoisotopic (exact) mass is 390 g/mol. The Balaban J connectivity index is 1.62. The van der Waals surface area contributed by atoms with E-state index in [1.807, 2.05) is 49.1 Å². The maximum atomic E-state index is 12.8. The minimum absolute atomic E-state index is 0.0259. The van der Waals surface area contributed by atoms with Crippen molar-refractivity contribution in [2.24, 2.45) is 0 Å². The molecule has 1 N–H and O–H groups in total. The van der Waals surface area contributed by atoms with E-state index < -0.39 is 0 Å². The number of amides is 1. The van der Waals surface area contributed by atoms with Crippen LogP contribution in [0, 0.1) is 0 Å². The van der Waals surface area contributed by atoms with Crippen molar-refractivity contribution in [2.45, 2.75) is 57.1 Å². The van der Waals surface area contributed by atoms with Gasteiger partial charge in [0.2, 0.25) is 5.91 Å². The van der Waals surface area contributed by atoms with Gasteiger partial charge < -0.3 is 9.64 Å². The maximum absolute atomic E-state index is 12.8. The molecule has 1 aliphatic heterocycles. The fraction of sp³-hybridized carbons (Fsp3) is 0.526. The first-order valence-corrected chi connectivity index (χ1v) is 10.3. The zero-order valence-corrected chi connectivity index (χ0v) is 16.6. The lowest BCUT2D eigenvalue weighted by atomic mass is 10.2. The van der Waals surface area contributed by atoms with Crippen LogP contribution in [0.4, 0.5) is 0 Å². The predicted molar refractivity (Wildman–Crippen MR) is 105 cm³/mol. The van der Waals surface area contributed by atoms with E-state index in [2.05, 4.69) is 10.2 Å². The van der Waals surface area contributed by atoms with Crippen molar-refractivity contribution in [3.8, 4) is 0 Å². The first kappa shape index (κ1) is 19.7. The second-order valence-corrected chi connectivity index (χ2v) is 7.89. The zero-order valence-electron chi connectivity index (χ0n) is 15.8. The van der Waals surface area contributed by atoms with Crippen LogP contribution >= 0.6 is 11.8 Å². The van der Waals surface area contributed by atoms with Gasteiger partial charge >= 0.3 is 5.69 Å². The van der Waals surface area contributed by atoms with Crippen molar-refractivity contribution >= 4 is 17.7 Å². The molecular weight excluding hydrogens is 364 g/mol. The SMILES string of the molecule is CC(C)N(Cc1ccccc1)C(=O)CSc1n[nH]c(=O)n1CC1CCCO1. The van der Waals surface area contributed by atoms with Gasteiger partial charge in [-0.1, -0.05) is 42.1 Å². The summed E-state index contributed by atoms with van der Waals surface area (Å²) in [6.07, 6.45) is 2.00. The fourth-order valence-electron chi connectivity index (χ4n) is 3.11. The van der Waals surface area contributed by atoms with E-state index in [0.29, 0.717) is 18.2 Å². The topological polar surface area (TPSA) is 80.2 Å². The Morgan fingerprint density at radius 1 is 1.41 bits per heavy atom. The molecule has 1 atom stereocenters. The summed E-state index contributed by atoms with van der Waals surface area (Å²) in [5.74, 6) is 0.263. The van der Waals surface area contributed by atoms with Crippen molar-refractivity contribution in [2.75, 3.05) is 12.4 Å². The van der Waals surface area contributed by atoms with Crippen LogP contribution < -0.4 is 5.69 Å². The summed E-state index contributed by atoms with van der Waals surface area (Å²) >= 11 is 1.29. The van der Waals surface area contributed by atoms with Gasteiger partial charge in [-0.15, -0.1) is 5.10 Å². The summed E-state index contributed by atoms with van der Waals surface area (Å²) in [7, 11) is 0. The number of carbonyl (C=O) groups excluding carboxylic acids is 1. The van der Waals surface area contributed by atoms with E-state index in [1.165, 1.54) is 11.8 Å². The summed E-state index contributed by atoms with van der Waals surface area (Å²) in [5.41, 5.74) is 0.838. The number of aromatic nitrogens is 3. The number of thioether (sulfide) groups is 1. The van der Waals surface area contributed by atoms with Crippen LogP contribution in [0.25, 0.3) is 0 Å². The third-order valence-corrected chi connectivity index (χ3v) is 5.56. The van der Waals surface area contributed by atoms with Crippen LogP contribution in [0.2, 0.25) is 0 Å². The molecule has 3 rings (SSSR count). The molecule has 2 heterocycles. The van der Waals surface area contributed by atoms with Gasteiger partial charge in [0.05, 0.1) is 18.4 Å². The Morgan fingerprint density at radius 2 is 2.19 bits per heavy atom. The maximum Gasteiger partial charge on any atom is 0.344 e. The third kappa shape index (κ3) is 5.23. The van der Waals surface area contributed by atoms with Gasteiger partial charge in [0, 0.05) is 19.2 Å². The van der Waals surface area contributed by atoms with Gasteiger partial charge in [-0.3, -0.25) is 9.36 Å². The molecule has 7 nitrogen and oxygen atoms in total. The van der Waals surface area contributed by atoms with Gasteiger partial charge in [0.1, 0.15) is 0 Å². The molecule has 0 radical (unpaired) electrons. The second-order valence-electron chi connectivity index (χ2n) is 6.95. The minimum atomic E-state index is -0.259. The van der Waals surface area contributed by atoms with E-state index >= 15 is 0 Å². The smallest absolute Gasteiger partial charge is 0.344 e. The van der Waals surface area contributed by atoms with Crippen LogP contribution in [-0.4, -0.2) is 50.1 Å². The number of ether oxygens (including phenoxy) is 1. The highest BCUT2D eigenvalue weighted by molar-refractivity contribution is 7.99.